The van der Waals surface area contributed by atoms with Crippen LogP contribution in [0.1, 0.15) is 43.6 Å². The lowest BCUT2D eigenvalue weighted by molar-refractivity contribution is -0.115. The van der Waals surface area contributed by atoms with Crippen LogP contribution < -0.4 is 16.0 Å². The number of hydrogen-bond donors (Lipinski definition) is 3. The number of carbonyl (C=O) groups is 3. The van der Waals surface area contributed by atoms with Gasteiger partial charge in [0.2, 0.25) is 11.8 Å². The first kappa shape index (κ1) is 24.1. The van der Waals surface area contributed by atoms with Crippen molar-refractivity contribution in [3.63, 3.8) is 0 Å². The van der Waals surface area contributed by atoms with E-state index in [2.05, 4.69) is 46.8 Å². The summed E-state index contributed by atoms with van der Waals surface area (Å²) in [5, 5.41) is 8.36. The van der Waals surface area contributed by atoms with E-state index >= 15 is 0 Å². The van der Waals surface area contributed by atoms with Crippen molar-refractivity contribution in [3.05, 3.63) is 59.7 Å². The number of nitrogens with one attached hydrogen (secondary N) is 3. The molecule has 7 heteroatoms. The maximum absolute atomic E-state index is 12.9. The fraction of sp³-hybridized carbons (Fsp3) is 0.375. The maximum atomic E-state index is 12.9. The van der Waals surface area contributed by atoms with Crippen LogP contribution in [0, 0.1) is 0 Å². The Kier molecular flexibility index (Phi) is 9.21. The molecule has 0 aliphatic rings. The van der Waals surface area contributed by atoms with Crippen molar-refractivity contribution < 1.29 is 14.4 Å². The normalized spacial score (nSPS) is 11.6. The first-order valence-electron chi connectivity index (χ1n) is 10.6. The number of anilines is 2. The molecule has 1 atom stereocenters. The summed E-state index contributed by atoms with van der Waals surface area (Å²) in [6.45, 7) is 9.25. The van der Waals surface area contributed by atoms with Crippen LogP contribution in [0.3, 0.4) is 0 Å². The zero-order valence-corrected chi connectivity index (χ0v) is 18.7. The highest BCUT2D eigenvalue weighted by Crippen LogP contribution is 2.20. The van der Waals surface area contributed by atoms with E-state index in [4.69, 9.17) is 0 Å². The Hall–Kier alpha value is -3.19. The van der Waals surface area contributed by atoms with Gasteiger partial charge in [-0.2, -0.15) is 0 Å². The molecule has 166 valence electrons. The Bertz CT molecular complexity index is 861. The topological polar surface area (TPSA) is 90.5 Å². The average molecular weight is 425 g/mol. The monoisotopic (exact) mass is 424 g/mol. The van der Waals surface area contributed by atoms with Gasteiger partial charge < -0.3 is 16.0 Å². The Morgan fingerprint density at radius 2 is 1.42 bits per heavy atom. The highest BCUT2D eigenvalue weighted by Gasteiger charge is 2.18. The number of benzene rings is 2. The third-order valence-electron chi connectivity index (χ3n) is 4.98. The molecular weight excluding hydrogens is 392 g/mol. The van der Waals surface area contributed by atoms with Crippen LogP contribution in [0.5, 0.6) is 0 Å². The number of amides is 3. The van der Waals surface area contributed by atoms with Gasteiger partial charge >= 0.3 is 0 Å². The SMILES string of the molecule is CCN(CC)[C@H](CNC(=O)c1cc(NC(C)=O)cc(NC(C)=O)c1)Cc1ccccc1. The molecule has 31 heavy (non-hydrogen) atoms. The lowest BCUT2D eigenvalue weighted by atomic mass is 10.0. The number of rotatable bonds is 10. The maximum Gasteiger partial charge on any atom is 0.251 e. The smallest absolute Gasteiger partial charge is 0.251 e. The van der Waals surface area contributed by atoms with E-state index in [9.17, 15) is 14.4 Å². The van der Waals surface area contributed by atoms with Crippen LogP contribution in [-0.2, 0) is 16.0 Å². The van der Waals surface area contributed by atoms with Crippen molar-refractivity contribution >= 4 is 29.1 Å². The minimum Gasteiger partial charge on any atom is -0.350 e. The van der Waals surface area contributed by atoms with E-state index in [1.165, 1.54) is 19.4 Å². The highest BCUT2D eigenvalue weighted by molar-refractivity contribution is 5.99. The third kappa shape index (κ3) is 7.86. The third-order valence-corrected chi connectivity index (χ3v) is 4.98. The van der Waals surface area contributed by atoms with Gasteiger partial charge in [0.1, 0.15) is 0 Å². The fourth-order valence-electron chi connectivity index (χ4n) is 3.58. The van der Waals surface area contributed by atoms with Gasteiger partial charge in [0, 0.05) is 43.4 Å². The minimum atomic E-state index is -0.260. The first-order valence-corrected chi connectivity index (χ1v) is 10.6. The molecule has 2 aromatic rings. The van der Waals surface area contributed by atoms with Crippen molar-refractivity contribution in [2.24, 2.45) is 0 Å². The van der Waals surface area contributed by atoms with E-state index in [1.807, 2.05) is 18.2 Å². The number of nitrogens with zero attached hydrogens (tertiary/aromatic N) is 1. The van der Waals surface area contributed by atoms with Gasteiger partial charge in [0.15, 0.2) is 0 Å². The van der Waals surface area contributed by atoms with Crippen molar-refractivity contribution in [1.82, 2.24) is 10.2 Å². The summed E-state index contributed by atoms with van der Waals surface area (Å²) in [6, 6.07) is 15.2. The van der Waals surface area contributed by atoms with Crippen LogP contribution in [0.15, 0.2) is 48.5 Å². The summed E-state index contributed by atoms with van der Waals surface area (Å²) in [7, 11) is 0. The Labute approximate surface area is 184 Å². The Morgan fingerprint density at radius 1 is 0.871 bits per heavy atom. The molecule has 0 bridgehead atoms. The van der Waals surface area contributed by atoms with E-state index in [0.29, 0.717) is 23.5 Å². The summed E-state index contributed by atoms with van der Waals surface area (Å²) in [6.07, 6.45) is 0.825. The Balaban J connectivity index is 2.18. The van der Waals surface area contributed by atoms with Crippen LogP contribution >= 0.6 is 0 Å². The van der Waals surface area contributed by atoms with Crippen LogP contribution in [0.2, 0.25) is 0 Å². The van der Waals surface area contributed by atoms with Crippen molar-refractivity contribution in [1.29, 1.82) is 0 Å². The summed E-state index contributed by atoms with van der Waals surface area (Å²) in [5.41, 5.74) is 2.49. The van der Waals surface area contributed by atoms with E-state index in [-0.39, 0.29) is 23.8 Å². The van der Waals surface area contributed by atoms with Crippen molar-refractivity contribution in [3.8, 4) is 0 Å². The molecule has 0 radical (unpaired) electrons. The van der Waals surface area contributed by atoms with Crippen LogP contribution in [-0.4, -0.2) is 48.3 Å². The average Bonchev–Trinajstić information content (AvgIpc) is 2.72. The molecule has 2 rings (SSSR count). The molecule has 0 saturated carbocycles. The molecule has 3 N–H and O–H groups in total. The molecule has 0 unspecified atom stereocenters. The standard InChI is InChI=1S/C24H32N4O3/c1-5-28(6-2)23(12-19-10-8-7-9-11-19)16-25-24(31)20-13-21(26-17(3)29)15-22(14-20)27-18(4)30/h7-11,13-15,23H,5-6,12,16H2,1-4H3,(H,25,31)(H,26,29)(H,27,30)/t23-/m0/s1. The molecule has 0 fully saturated rings. The lowest BCUT2D eigenvalue weighted by Gasteiger charge is -2.30. The second-order valence-corrected chi connectivity index (χ2v) is 7.44. The summed E-state index contributed by atoms with van der Waals surface area (Å²) in [5.74, 6) is -0.768. The highest BCUT2D eigenvalue weighted by atomic mass is 16.2. The van der Waals surface area contributed by atoms with Crippen molar-refractivity contribution in [2.45, 2.75) is 40.2 Å². The predicted octanol–water partition coefficient (Wildman–Crippen LogP) is 3.29. The number of likely N-dealkylation sites (N-methyl/N-ethyl adjacent to an activating group) is 1. The molecule has 3 amide bonds. The Morgan fingerprint density at radius 3 is 1.90 bits per heavy atom. The van der Waals surface area contributed by atoms with Gasteiger partial charge in [-0.25, -0.2) is 0 Å². The summed E-state index contributed by atoms with van der Waals surface area (Å²) >= 11 is 0. The quantitative estimate of drug-likeness (QED) is 0.546. The van der Waals surface area contributed by atoms with Crippen molar-refractivity contribution in [2.75, 3.05) is 30.3 Å². The summed E-state index contributed by atoms with van der Waals surface area (Å²) in [4.78, 5) is 38.2. The van der Waals surface area contributed by atoms with Crippen LogP contribution in [0.4, 0.5) is 11.4 Å². The van der Waals surface area contributed by atoms with Gasteiger partial charge in [-0.15, -0.1) is 0 Å². The first-order chi connectivity index (χ1) is 14.8. The molecule has 0 aromatic heterocycles. The predicted molar refractivity (Wildman–Crippen MR) is 124 cm³/mol. The van der Waals surface area contributed by atoms with E-state index in [1.54, 1.807) is 18.2 Å². The van der Waals surface area contributed by atoms with Gasteiger partial charge in [-0.1, -0.05) is 44.2 Å². The second kappa shape index (κ2) is 11.9. The molecule has 0 aliphatic carbocycles. The largest absolute Gasteiger partial charge is 0.350 e. The van der Waals surface area contributed by atoms with Gasteiger partial charge in [-0.05, 0) is 43.3 Å². The lowest BCUT2D eigenvalue weighted by Crippen LogP contribution is -2.45. The molecule has 2 aromatic carbocycles. The molecule has 0 spiro atoms. The van der Waals surface area contributed by atoms with Gasteiger partial charge in [0.05, 0.1) is 0 Å². The molecule has 0 heterocycles. The molecule has 7 nitrogen and oxygen atoms in total. The molecule has 0 aliphatic heterocycles. The fourth-order valence-corrected chi connectivity index (χ4v) is 3.58. The van der Waals surface area contributed by atoms with Gasteiger partial charge in [0.25, 0.3) is 5.91 Å². The minimum absolute atomic E-state index is 0.148. The van der Waals surface area contributed by atoms with Gasteiger partial charge in [-0.3, -0.25) is 19.3 Å². The molecule has 0 saturated heterocycles. The zero-order valence-electron chi connectivity index (χ0n) is 18.7. The van der Waals surface area contributed by atoms with Crippen LogP contribution in [0.25, 0.3) is 0 Å². The zero-order chi connectivity index (χ0) is 22.8. The molecular formula is C24H32N4O3. The summed E-state index contributed by atoms with van der Waals surface area (Å²) < 4.78 is 0. The number of hydrogen-bond acceptors (Lipinski definition) is 4. The second-order valence-electron chi connectivity index (χ2n) is 7.44. The van der Waals surface area contributed by atoms with E-state index in [0.717, 1.165) is 19.5 Å². The number of carbonyl (C=O) groups excluding carboxylic acids is 3. The van der Waals surface area contributed by atoms with E-state index < -0.39 is 0 Å².